The maximum atomic E-state index is 12.0. The molecule has 1 saturated carbocycles. The lowest BCUT2D eigenvalue weighted by Crippen LogP contribution is -2.41. The van der Waals surface area contributed by atoms with Gasteiger partial charge in [0, 0.05) is 6.04 Å². The molecule has 5 heteroatoms. The molecule has 100 valence electrons. The molecule has 1 atom stereocenters. The van der Waals surface area contributed by atoms with Crippen LogP contribution in [0.3, 0.4) is 0 Å². The number of rotatable bonds is 4. The summed E-state index contributed by atoms with van der Waals surface area (Å²) in [6.07, 6.45) is 6.51. The Morgan fingerprint density at radius 3 is 2.68 bits per heavy atom. The summed E-state index contributed by atoms with van der Waals surface area (Å²) in [5, 5.41) is 11.8. The molecule has 1 aromatic rings. The van der Waals surface area contributed by atoms with Gasteiger partial charge in [-0.3, -0.25) is 9.59 Å². The number of hydrogen-bond acceptors (Lipinski definition) is 4. The third-order valence-electron chi connectivity index (χ3n) is 3.37. The van der Waals surface area contributed by atoms with Crippen LogP contribution in [0.15, 0.2) is 22.8 Å². The fourth-order valence-corrected chi connectivity index (χ4v) is 2.33. The molecule has 0 aromatic carbocycles. The number of carbonyl (C=O) groups excluding carboxylic acids is 2. The van der Waals surface area contributed by atoms with E-state index in [0.717, 1.165) is 25.7 Å². The lowest BCUT2D eigenvalue weighted by molar-refractivity contribution is -0.123. The predicted molar refractivity (Wildman–Crippen MR) is 67.2 cm³/mol. The summed E-state index contributed by atoms with van der Waals surface area (Å²) in [6.45, 7) is 0. The van der Waals surface area contributed by atoms with Crippen molar-refractivity contribution in [2.24, 2.45) is 5.92 Å². The van der Waals surface area contributed by atoms with Crippen LogP contribution in [0, 0.1) is 17.2 Å². The fourth-order valence-electron chi connectivity index (χ4n) is 2.33. The van der Waals surface area contributed by atoms with E-state index in [1.54, 1.807) is 12.1 Å². The van der Waals surface area contributed by atoms with Crippen molar-refractivity contribution in [3.05, 3.63) is 24.2 Å². The summed E-state index contributed by atoms with van der Waals surface area (Å²) in [4.78, 5) is 23.9. The van der Waals surface area contributed by atoms with Crippen molar-refractivity contribution in [3.8, 4) is 6.07 Å². The van der Waals surface area contributed by atoms with Crippen molar-refractivity contribution < 1.29 is 14.0 Å². The Morgan fingerprint density at radius 2 is 2.11 bits per heavy atom. The smallest absolute Gasteiger partial charge is 0.245 e. The molecule has 1 amide bonds. The first-order valence-corrected chi connectivity index (χ1v) is 6.50. The summed E-state index contributed by atoms with van der Waals surface area (Å²) in [6, 6.07) is 4.86. The van der Waals surface area contributed by atoms with Crippen molar-refractivity contribution in [1.82, 2.24) is 5.32 Å². The normalized spacial score (nSPS) is 17.4. The molecule has 19 heavy (non-hydrogen) atoms. The lowest BCUT2D eigenvalue weighted by atomic mass is 9.94. The number of hydrogen-bond donors (Lipinski definition) is 1. The van der Waals surface area contributed by atoms with E-state index in [1.165, 1.54) is 18.8 Å². The monoisotopic (exact) mass is 260 g/mol. The number of furan rings is 1. The second-order valence-corrected chi connectivity index (χ2v) is 4.75. The summed E-state index contributed by atoms with van der Waals surface area (Å²) in [7, 11) is 0. The molecule has 2 rings (SSSR count). The van der Waals surface area contributed by atoms with Gasteiger partial charge in [0.1, 0.15) is 0 Å². The van der Waals surface area contributed by atoms with E-state index >= 15 is 0 Å². The molecule has 1 N–H and O–H groups in total. The third kappa shape index (κ3) is 3.22. The Morgan fingerprint density at radius 1 is 1.37 bits per heavy atom. The zero-order valence-corrected chi connectivity index (χ0v) is 10.6. The summed E-state index contributed by atoms with van der Waals surface area (Å²) in [5.74, 6) is -2.38. The summed E-state index contributed by atoms with van der Waals surface area (Å²) in [5.41, 5.74) is 0. The number of ketones is 1. The number of nitrogens with zero attached hydrogens (tertiary/aromatic N) is 1. The molecule has 1 aliphatic rings. The molecule has 1 aromatic heterocycles. The van der Waals surface area contributed by atoms with Gasteiger partial charge < -0.3 is 9.73 Å². The average molecular weight is 260 g/mol. The standard InChI is InChI=1S/C14H16N2O3/c15-9-11(13(17)12-7-4-8-19-12)14(18)16-10-5-2-1-3-6-10/h4,7-8,10-11H,1-3,5-6H2,(H,16,18). The Labute approximate surface area is 111 Å². The van der Waals surface area contributed by atoms with E-state index in [4.69, 9.17) is 9.68 Å². The first kappa shape index (κ1) is 13.3. The zero-order chi connectivity index (χ0) is 13.7. The van der Waals surface area contributed by atoms with Gasteiger partial charge in [-0.15, -0.1) is 0 Å². The van der Waals surface area contributed by atoms with Gasteiger partial charge in [-0.25, -0.2) is 0 Å². The number of nitriles is 1. The predicted octanol–water partition coefficient (Wildman–Crippen LogP) is 2.05. The fraction of sp³-hybridized carbons (Fsp3) is 0.500. The Balaban J connectivity index is 1.99. The van der Waals surface area contributed by atoms with E-state index in [2.05, 4.69) is 5.32 Å². The molecule has 0 radical (unpaired) electrons. The van der Waals surface area contributed by atoms with E-state index in [9.17, 15) is 9.59 Å². The maximum absolute atomic E-state index is 12.0. The topological polar surface area (TPSA) is 83.1 Å². The molecule has 1 aliphatic carbocycles. The van der Waals surface area contributed by atoms with E-state index in [0.29, 0.717) is 0 Å². The minimum Gasteiger partial charge on any atom is -0.461 e. The molecule has 0 spiro atoms. The van der Waals surface area contributed by atoms with Crippen LogP contribution in [0.2, 0.25) is 0 Å². The van der Waals surface area contributed by atoms with Gasteiger partial charge in [0.05, 0.1) is 12.3 Å². The van der Waals surface area contributed by atoms with Crippen molar-refractivity contribution in [3.63, 3.8) is 0 Å². The van der Waals surface area contributed by atoms with Gasteiger partial charge >= 0.3 is 0 Å². The maximum Gasteiger partial charge on any atom is 0.245 e. The van der Waals surface area contributed by atoms with Crippen LogP contribution >= 0.6 is 0 Å². The molecule has 5 nitrogen and oxygen atoms in total. The lowest BCUT2D eigenvalue weighted by Gasteiger charge is -2.23. The van der Waals surface area contributed by atoms with Crippen LogP contribution in [-0.2, 0) is 4.79 Å². The highest BCUT2D eigenvalue weighted by atomic mass is 16.3. The molecule has 0 bridgehead atoms. The van der Waals surface area contributed by atoms with Crippen molar-refractivity contribution in [1.29, 1.82) is 5.26 Å². The molecule has 0 aliphatic heterocycles. The quantitative estimate of drug-likeness (QED) is 0.663. The number of amides is 1. The first-order valence-electron chi connectivity index (χ1n) is 6.50. The molecule has 1 heterocycles. The largest absolute Gasteiger partial charge is 0.461 e. The minimum atomic E-state index is -1.33. The third-order valence-corrected chi connectivity index (χ3v) is 3.37. The van der Waals surface area contributed by atoms with Crippen LogP contribution in [0.4, 0.5) is 0 Å². The van der Waals surface area contributed by atoms with Crippen LogP contribution in [-0.4, -0.2) is 17.7 Å². The van der Waals surface area contributed by atoms with Crippen molar-refractivity contribution in [2.45, 2.75) is 38.1 Å². The van der Waals surface area contributed by atoms with Gasteiger partial charge in [0.15, 0.2) is 11.7 Å². The van der Waals surface area contributed by atoms with Gasteiger partial charge in [0.2, 0.25) is 11.7 Å². The second kappa shape index (κ2) is 6.19. The van der Waals surface area contributed by atoms with Crippen molar-refractivity contribution in [2.75, 3.05) is 0 Å². The molecule has 1 fully saturated rings. The Hall–Kier alpha value is -2.09. The zero-order valence-electron chi connectivity index (χ0n) is 10.6. The van der Waals surface area contributed by atoms with Crippen molar-refractivity contribution >= 4 is 11.7 Å². The van der Waals surface area contributed by atoms with Gasteiger partial charge in [-0.2, -0.15) is 5.26 Å². The Kier molecular flexibility index (Phi) is 4.35. The van der Waals surface area contributed by atoms with Crippen LogP contribution in [0.1, 0.15) is 42.7 Å². The highest BCUT2D eigenvalue weighted by Gasteiger charge is 2.30. The van der Waals surface area contributed by atoms with E-state index in [1.807, 2.05) is 0 Å². The first-order chi connectivity index (χ1) is 9.22. The number of nitrogens with one attached hydrogen (secondary N) is 1. The summed E-state index contributed by atoms with van der Waals surface area (Å²) < 4.78 is 4.94. The number of Topliss-reactive ketones (excluding diaryl/α,β-unsaturated/α-hetero) is 1. The highest BCUT2D eigenvalue weighted by molar-refractivity contribution is 6.10. The highest BCUT2D eigenvalue weighted by Crippen LogP contribution is 2.18. The average Bonchev–Trinajstić information content (AvgIpc) is 2.94. The minimum absolute atomic E-state index is 0.0466. The molecular formula is C14H16N2O3. The number of carbonyl (C=O) groups is 2. The molecular weight excluding hydrogens is 244 g/mol. The molecule has 0 saturated heterocycles. The van der Waals surface area contributed by atoms with Crippen LogP contribution < -0.4 is 5.32 Å². The SMILES string of the molecule is N#CC(C(=O)NC1CCCCC1)C(=O)c1ccco1. The van der Waals surface area contributed by atoms with Crippen LogP contribution in [0.25, 0.3) is 0 Å². The van der Waals surface area contributed by atoms with Gasteiger partial charge in [-0.1, -0.05) is 19.3 Å². The molecule has 1 unspecified atom stereocenters. The van der Waals surface area contributed by atoms with Gasteiger partial charge in [-0.05, 0) is 25.0 Å². The van der Waals surface area contributed by atoms with Gasteiger partial charge in [0.25, 0.3) is 0 Å². The van der Waals surface area contributed by atoms with E-state index in [-0.39, 0.29) is 11.8 Å². The van der Waals surface area contributed by atoms with Crippen LogP contribution in [0.5, 0.6) is 0 Å². The summed E-state index contributed by atoms with van der Waals surface area (Å²) >= 11 is 0. The second-order valence-electron chi connectivity index (χ2n) is 4.75. The Bertz CT molecular complexity index is 481. The van der Waals surface area contributed by atoms with E-state index < -0.39 is 17.6 Å².